The molecule has 0 heterocycles. The van der Waals surface area contributed by atoms with Crippen LogP contribution in [0.2, 0.25) is 0 Å². The van der Waals surface area contributed by atoms with E-state index in [1.165, 1.54) is 12.8 Å². The smallest absolute Gasteiger partial charge is 0.0634 e. The second-order valence-electron chi connectivity index (χ2n) is 3.37. The molecule has 0 aliphatic carbocycles. The molecule has 2 N–H and O–H groups in total. The number of nitrogens with one attached hydrogen (secondary N) is 2. The van der Waals surface area contributed by atoms with Crippen molar-refractivity contribution < 1.29 is 0 Å². The normalized spacial score (nSPS) is 13.3. The summed E-state index contributed by atoms with van der Waals surface area (Å²) in [7, 11) is 0. The predicted molar refractivity (Wildman–Crippen MR) is 51.6 cm³/mol. The van der Waals surface area contributed by atoms with E-state index in [2.05, 4.69) is 31.2 Å². The zero-order chi connectivity index (χ0) is 9.40. The fourth-order valence-electron chi connectivity index (χ4n) is 1.17. The highest BCUT2D eigenvalue weighted by Gasteiger charge is 2.05. The van der Waals surface area contributed by atoms with Crippen molar-refractivity contribution >= 4 is 0 Å². The predicted octanol–water partition coefficient (Wildman–Crippen LogP) is 2.43. The second-order valence-corrected chi connectivity index (χ2v) is 3.37. The average Bonchev–Trinajstić information content (AvgIpc) is 2.07. The van der Waals surface area contributed by atoms with Crippen molar-refractivity contribution in [2.75, 3.05) is 13.1 Å². The van der Waals surface area contributed by atoms with Crippen LogP contribution in [0.3, 0.4) is 0 Å². The Morgan fingerprint density at radius 2 is 1.92 bits per heavy atom. The maximum absolute atomic E-state index is 6.71. The minimum atomic E-state index is 0.489. The van der Waals surface area contributed by atoms with Gasteiger partial charge in [-0.2, -0.15) is 5.11 Å². The van der Waals surface area contributed by atoms with Crippen molar-refractivity contribution in [2.45, 2.75) is 39.7 Å². The van der Waals surface area contributed by atoms with Gasteiger partial charge in [0.2, 0.25) is 0 Å². The fraction of sp³-hybridized carbons (Fsp3) is 1.00. The van der Waals surface area contributed by atoms with Crippen molar-refractivity contribution in [3.05, 3.63) is 0 Å². The molecule has 0 aromatic carbocycles. The van der Waals surface area contributed by atoms with Crippen molar-refractivity contribution in [1.82, 2.24) is 5.32 Å². The molecule has 1 atom stereocenters. The summed E-state index contributed by atoms with van der Waals surface area (Å²) in [4.78, 5) is 0. The summed E-state index contributed by atoms with van der Waals surface area (Å²) in [6, 6.07) is 0.637. The Balaban J connectivity index is 3.43. The lowest BCUT2D eigenvalue weighted by Crippen LogP contribution is -2.32. The van der Waals surface area contributed by atoms with Crippen molar-refractivity contribution in [1.29, 1.82) is 5.53 Å². The Bertz CT molecular complexity index is 110. The molecule has 0 aliphatic rings. The van der Waals surface area contributed by atoms with E-state index in [1.54, 1.807) is 0 Å². The van der Waals surface area contributed by atoms with Gasteiger partial charge in [-0.15, -0.1) is 0 Å². The molecule has 0 spiro atoms. The van der Waals surface area contributed by atoms with Gasteiger partial charge < -0.3 is 5.32 Å². The Morgan fingerprint density at radius 1 is 1.33 bits per heavy atom. The molecule has 0 fully saturated rings. The van der Waals surface area contributed by atoms with Gasteiger partial charge in [0, 0.05) is 6.04 Å². The van der Waals surface area contributed by atoms with Crippen LogP contribution >= 0.6 is 0 Å². The molecular weight excluding hydrogens is 150 g/mol. The van der Waals surface area contributed by atoms with Gasteiger partial charge in [-0.05, 0) is 25.3 Å². The van der Waals surface area contributed by atoms with Gasteiger partial charge in [-0.1, -0.05) is 20.8 Å². The van der Waals surface area contributed by atoms with E-state index in [1.807, 2.05) is 0 Å². The highest BCUT2D eigenvalue weighted by Crippen LogP contribution is 1.99. The number of nitrogens with zero attached hydrogens (tertiary/aromatic N) is 1. The molecule has 0 amide bonds. The first-order valence-electron chi connectivity index (χ1n) is 4.81. The zero-order valence-corrected chi connectivity index (χ0v) is 8.43. The van der Waals surface area contributed by atoms with Crippen LogP contribution in [-0.4, -0.2) is 19.1 Å². The fourth-order valence-corrected chi connectivity index (χ4v) is 1.17. The van der Waals surface area contributed by atoms with Crippen molar-refractivity contribution in [3.63, 3.8) is 0 Å². The first-order chi connectivity index (χ1) is 5.74. The largest absolute Gasteiger partial charge is 0.314 e. The number of rotatable bonds is 7. The van der Waals surface area contributed by atoms with Crippen LogP contribution in [0.4, 0.5) is 0 Å². The molecule has 0 saturated carbocycles. The summed E-state index contributed by atoms with van der Waals surface area (Å²) >= 11 is 0. The third-order valence-corrected chi connectivity index (χ3v) is 2.14. The Kier molecular flexibility index (Phi) is 6.96. The van der Waals surface area contributed by atoms with Gasteiger partial charge in [0.1, 0.15) is 0 Å². The van der Waals surface area contributed by atoms with Crippen LogP contribution in [0.25, 0.3) is 0 Å². The first kappa shape index (κ1) is 11.6. The quantitative estimate of drug-likeness (QED) is 0.568. The van der Waals surface area contributed by atoms with Crippen LogP contribution < -0.4 is 5.32 Å². The van der Waals surface area contributed by atoms with Gasteiger partial charge in [-0.3, -0.25) is 0 Å². The van der Waals surface area contributed by atoms with Crippen molar-refractivity contribution in [2.24, 2.45) is 11.0 Å². The molecule has 0 aliphatic heterocycles. The summed E-state index contributed by atoms with van der Waals surface area (Å²) < 4.78 is 0. The van der Waals surface area contributed by atoms with Crippen LogP contribution in [0, 0.1) is 11.4 Å². The van der Waals surface area contributed by atoms with Gasteiger partial charge in [-0.25, -0.2) is 5.53 Å². The van der Waals surface area contributed by atoms with E-state index in [-0.39, 0.29) is 0 Å². The van der Waals surface area contributed by atoms with E-state index in [4.69, 9.17) is 5.53 Å². The molecule has 3 nitrogen and oxygen atoms in total. The number of hydrogen-bond donors (Lipinski definition) is 2. The van der Waals surface area contributed by atoms with Crippen LogP contribution in [-0.2, 0) is 0 Å². The summed E-state index contributed by atoms with van der Waals surface area (Å²) in [5, 5.41) is 6.84. The molecule has 12 heavy (non-hydrogen) atoms. The lowest BCUT2D eigenvalue weighted by Gasteiger charge is -2.16. The minimum Gasteiger partial charge on any atom is -0.314 e. The molecule has 0 radical (unpaired) electrons. The highest BCUT2D eigenvalue weighted by molar-refractivity contribution is 4.65. The van der Waals surface area contributed by atoms with Gasteiger partial charge in [0.05, 0.1) is 6.54 Å². The molecule has 0 saturated heterocycles. The lowest BCUT2D eigenvalue weighted by atomic mass is 10.1. The molecule has 72 valence electrons. The molecule has 3 heteroatoms. The summed E-state index contributed by atoms with van der Waals surface area (Å²) in [6.07, 6.45) is 2.36. The molecule has 0 bridgehead atoms. The van der Waals surface area contributed by atoms with Crippen LogP contribution in [0.5, 0.6) is 0 Å². The number of hydrogen-bond acceptors (Lipinski definition) is 3. The zero-order valence-electron chi connectivity index (χ0n) is 8.43. The Morgan fingerprint density at radius 3 is 2.33 bits per heavy atom. The monoisotopic (exact) mass is 171 g/mol. The van der Waals surface area contributed by atoms with E-state index in [0.29, 0.717) is 18.5 Å². The second kappa shape index (κ2) is 7.22. The topological polar surface area (TPSA) is 48.2 Å². The van der Waals surface area contributed by atoms with Crippen molar-refractivity contribution in [3.8, 4) is 0 Å². The standard InChI is InChI=1S/C9H21N3/c1-4-9(5-2)11-6-8(3)7-12-10/h8-11H,4-7H2,1-3H3. The van der Waals surface area contributed by atoms with Gasteiger partial charge >= 0.3 is 0 Å². The van der Waals surface area contributed by atoms with Crippen LogP contribution in [0.1, 0.15) is 33.6 Å². The molecule has 0 aromatic rings. The van der Waals surface area contributed by atoms with E-state index >= 15 is 0 Å². The van der Waals surface area contributed by atoms with E-state index in [0.717, 1.165) is 6.54 Å². The van der Waals surface area contributed by atoms with Crippen LogP contribution in [0.15, 0.2) is 5.11 Å². The van der Waals surface area contributed by atoms with E-state index < -0.39 is 0 Å². The SMILES string of the molecule is CCC(CC)NCC(C)CN=N. The first-order valence-corrected chi connectivity index (χ1v) is 4.81. The minimum absolute atomic E-state index is 0.489. The maximum Gasteiger partial charge on any atom is 0.0634 e. The Labute approximate surface area is 75.4 Å². The maximum atomic E-state index is 6.71. The Hall–Kier alpha value is -0.440. The lowest BCUT2D eigenvalue weighted by molar-refractivity contribution is 0.428. The highest BCUT2D eigenvalue weighted by atomic mass is 15.0. The summed E-state index contributed by atoms with van der Waals surface area (Å²) in [5.74, 6) is 0.489. The third-order valence-electron chi connectivity index (χ3n) is 2.14. The molecular formula is C9H21N3. The average molecular weight is 171 g/mol. The van der Waals surface area contributed by atoms with E-state index in [9.17, 15) is 0 Å². The molecule has 0 rings (SSSR count). The molecule has 0 aromatic heterocycles. The van der Waals surface area contributed by atoms with Gasteiger partial charge in [0.25, 0.3) is 0 Å². The van der Waals surface area contributed by atoms with Gasteiger partial charge in [0.15, 0.2) is 0 Å². The third kappa shape index (κ3) is 5.24. The molecule has 1 unspecified atom stereocenters. The summed E-state index contributed by atoms with van der Waals surface area (Å²) in [5.41, 5.74) is 6.71. The summed E-state index contributed by atoms with van der Waals surface area (Å²) in [6.45, 7) is 8.14.